The van der Waals surface area contributed by atoms with E-state index < -0.39 is 0 Å². The van der Waals surface area contributed by atoms with Gasteiger partial charge in [-0.25, -0.2) is 0 Å². The molecule has 2 N–H and O–H groups in total. The maximum absolute atomic E-state index is 6.28. The summed E-state index contributed by atoms with van der Waals surface area (Å²) in [5.41, 5.74) is 6.90. The molecule has 116 valence electrons. The van der Waals surface area contributed by atoms with Gasteiger partial charge in [0.05, 0.1) is 16.7 Å². The van der Waals surface area contributed by atoms with Crippen LogP contribution in [0.2, 0.25) is 5.02 Å². The van der Waals surface area contributed by atoms with Gasteiger partial charge in [-0.1, -0.05) is 36.6 Å². The van der Waals surface area contributed by atoms with Crippen molar-refractivity contribution in [3.63, 3.8) is 0 Å². The summed E-state index contributed by atoms with van der Waals surface area (Å²) in [6, 6.07) is 5.84. The summed E-state index contributed by atoms with van der Waals surface area (Å²) in [6.07, 6.45) is 8.30. The summed E-state index contributed by atoms with van der Waals surface area (Å²) in [6.45, 7) is 1.18. The largest absolute Gasteiger partial charge is 0.489 e. The average molecular weight is 310 g/mol. The molecule has 1 aromatic rings. The minimum atomic E-state index is 0.161. The van der Waals surface area contributed by atoms with Crippen LogP contribution in [0.3, 0.4) is 0 Å². The van der Waals surface area contributed by atoms with Crippen molar-refractivity contribution < 1.29 is 9.47 Å². The topological polar surface area (TPSA) is 44.5 Å². The van der Waals surface area contributed by atoms with E-state index in [0.29, 0.717) is 18.2 Å². The summed E-state index contributed by atoms with van der Waals surface area (Å²) in [5, 5.41) is 0.662. The Labute approximate surface area is 131 Å². The Hall–Kier alpha value is -0.770. The molecule has 0 radical (unpaired) electrons. The molecule has 2 fully saturated rings. The van der Waals surface area contributed by atoms with E-state index in [4.69, 9.17) is 26.8 Å². The fourth-order valence-electron chi connectivity index (χ4n) is 3.64. The van der Waals surface area contributed by atoms with Gasteiger partial charge < -0.3 is 15.2 Å². The number of rotatable bonds is 5. The first-order valence-corrected chi connectivity index (χ1v) is 8.38. The van der Waals surface area contributed by atoms with Crippen molar-refractivity contribution in [1.82, 2.24) is 0 Å². The molecule has 3 rings (SSSR count). The molecule has 1 saturated heterocycles. The van der Waals surface area contributed by atoms with E-state index in [9.17, 15) is 0 Å². The van der Waals surface area contributed by atoms with Crippen LogP contribution in [0.4, 0.5) is 0 Å². The Balaban J connectivity index is 1.60. The number of ether oxygens (including phenoxy) is 2. The van der Waals surface area contributed by atoms with Crippen LogP contribution in [0.5, 0.6) is 5.75 Å². The Bertz CT molecular complexity index is 486. The van der Waals surface area contributed by atoms with Gasteiger partial charge in [0.2, 0.25) is 0 Å². The maximum atomic E-state index is 6.28. The standard InChI is InChI=1S/C17H24ClNO2/c18-15-5-3-4-13(7-11-19)16(15)20-12-14-6-10-17(21-14)8-1-2-9-17/h3-5,14H,1-2,6-12,19H2. The third-order valence-corrected chi connectivity index (χ3v) is 5.03. The summed E-state index contributed by atoms with van der Waals surface area (Å²) >= 11 is 6.26. The molecule has 0 amide bonds. The van der Waals surface area contributed by atoms with Crippen LogP contribution in [0, 0.1) is 0 Å². The molecule has 1 aromatic carbocycles. The van der Waals surface area contributed by atoms with Crippen molar-refractivity contribution in [3.05, 3.63) is 28.8 Å². The minimum Gasteiger partial charge on any atom is -0.489 e. The summed E-state index contributed by atoms with van der Waals surface area (Å²) in [7, 11) is 0. The molecule has 1 aliphatic carbocycles. The second-order valence-corrected chi connectivity index (χ2v) is 6.65. The van der Waals surface area contributed by atoms with Crippen LogP contribution in [0.15, 0.2) is 18.2 Å². The highest BCUT2D eigenvalue weighted by Crippen LogP contribution is 2.43. The lowest BCUT2D eigenvalue weighted by molar-refractivity contribution is -0.0509. The Kier molecular flexibility index (Phi) is 4.72. The smallest absolute Gasteiger partial charge is 0.141 e. The van der Waals surface area contributed by atoms with Crippen molar-refractivity contribution in [2.45, 2.75) is 56.7 Å². The first kappa shape index (κ1) is 15.1. The van der Waals surface area contributed by atoms with E-state index in [1.807, 2.05) is 18.2 Å². The number of hydrogen-bond acceptors (Lipinski definition) is 3. The molecule has 0 aromatic heterocycles. The molecule has 1 atom stereocenters. The second-order valence-electron chi connectivity index (χ2n) is 6.25. The van der Waals surface area contributed by atoms with Gasteiger partial charge >= 0.3 is 0 Å². The van der Waals surface area contributed by atoms with Crippen LogP contribution in [0.1, 0.15) is 44.1 Å². The van der Waals surface area contributed by atoms with Gasteiger partial charge in [-0.3, -0.25) is 0 Å². The van der Waals surface area contributed by atoms with Crippen LogP contribution >= 0.6 is 11.6 Å². The molecule has 4 heteroatoms. The minimum absolute atomic E-state index is 0.161. The molecule has 0 bridgehead atoms. The van der Waals surface area contributed by atoms with Gasteiger partial charge in [0, 0.05) is 0 Å². The van der Waals surface area contributed by atoms with Crippen molar-refractivity contribution in [1.29, 1.82) is 0 Å². The molecule has 1 saturated carbocycles. The second kappa shape index (κ2) is 6.55. The lowest BCUT2D eigenvalue weighted by Gasteiger charge is -2.24. The average Bonchev–Trinajstić information content (AvgIpc) is 3.09. The van der Waals surface area contributed by atoms with E-state index >= 15 is 0 Å². The first-order valence-electron chi connectivity index (χ1n) is 8.00. The maximum Gasteiger partial charge on any atom is 0.141 e. The monoisotopic (exact) mass is 309 g/mol. The normalized spacial score (nSPS) is 23.8. The van der Waals surface area contributed by atoms with Crippen LogP contribution < -0.4 is 10.5 Å². The fraction of sp³-hybridized carbons (Fsp3) is 0.647. The number of halogens is 1. The van der Waals surface area contributed by atoms with E-state index in [2.05, 4.69) is 0 Å². The molecule has 3 nitrogen and oxygen atoms in total. The Morgan fingerprint density at radius 2 is 2.10 bits per heavy atom. The highest BCUT2D eigenvalue weighted by Gasteiger charge is 2.42. The number of hydrogen-bond donors (Lipinski definition) is 1. The Morgan fingerprint density at radius 1 is 1.29 bits per heavy atom. The van der Waals surface area contributed by atoms with Crippen molar-refractivity contribution >= 4 is 11.6 Å². The van der Waals surface area contributed by atoms with Crippen molar-refractivity contribution in [3.8, 4) is 5.75 Å². The quantitative estimate of drug-likeness (QED) is 0.901. The van der Waals surface area contributed by atoms with E-state index in [-0.39, 0.29) is 11.7 Å². The van der Waals surface area contributed by atoms with E-state index in [1.54, 1.807) is 0 Å². The highest BCUT2D eigenvalue weighted by molar-refractivity contribution is 6.32. The van der Waals surface area contributed by atoms with Crippen molar-refractivity contribution in [2.24, 2.45) is 5.73 Å². The predicted molar refractivity (Wildman–Crippen MR) is 85.0 cm³/mol. The third-order valence-electron chi connectivity index (χ3n) is 4.73. The third kappa shape index (κ3) is 3.36. The molecular formula is C17H24ClNO2. The van der Waals surface area contributed by atoms with Gasteiger partial charge in [-0.15, -0.1) is 0 Å². The summed E-state index contributed by atoms with van der Waals surface area (Å²) in [5.74, 6) is 0.778. The molecule has 1 aliphatic heterocycles. The fourth-order valence-corrected chi connectivity index (χ4v) is 3.89. The molecular weight excluding hydrogens is 286 g/mol. The van der Waals surface area contributed by atoms with E-state index in [0.717, 1.165) is 24.2 Å². The number of benzene rings is 1. The summed E-state index contributed by atoms with van der Waals surface area (Å²) < 4.78 is 12.3. The lowest BCUT2D eigenvalue weighted by atomic mass is 9.98. The predicted octanol–water partition coefficient (Wildman–Crippen LogP) is 3.71. The first-order chi connectivity index (χ1) is 10.2. The molecule has 1 heterocycles. The Morgan fingerprint density at radius 3 is 2.86 bits per heavy atom. The van der Waals surface area contributed by atoms with Gasteiger partial charge in [-0.2, -0.15) is 0 Å². The van der Waals surface area contributed by atoms with Gasteiger partial charge in [-0.05, 0) is 50.3 Å². The molecule has 2 aliphatic rings. The van der Waals surface area contributed by atoms with Crippen molar-refractivity contribution in [2.75, 3.05) is 13.2 Å². The van der Waals surface area contributed by atoms with Gasteiger partial charge in [0.25, 0.3) is 0 Å². The zero-order valence-electron chi connectivity index (χ0n) is 12.4. The molecule has 1 spiro atoms. The van der Waals surface area contributed by atoms with Gasteiger partial charge in [0.1, 0.15) is 12.4 Å². The van der Waals surface area contributed by atoms with Crippen LogP contribution in [0.25, 0.3) is 0 Å². The molecule has 21 heavy (non-hydrogen) atoms. The molecule has 1 unspecified atom stereocenters. The SMILES string of the molecule is NCCc1cccc(Cl)c1OCC1CCC2(CCCC2)O1. The van der Waals surface area contributed by atoms with Gasteiger partial charge in [0.15, 0.2) is 0 Å². The highest BCUT2D eigenvalue weighted by atomic mass is 35.5. The number of nitrogens with two attached hydrogens (primary N) is 1. The van der Waals surface area contributed by atoms with E-state index in [1.165, 1.54) is 32.1 Å². The lowest BCUT2D eigenvalue weighted by Crippen LogP contribution is -2.27. The summed E-state index contributed by atoms with van der Waals surface area (Å²) in [4.78, 5) is 0. The zero-order chi connectivity index (χ0) is 14.7. The zero-order valence-corrected chi connectivity index (χ0v) is 13.2. The van der Waals surface area contributed by atoms with Crippen LogP contribution in [-0.2, 0) is 11.2 Å². The van der Waals surface area contributed by atoms with Crippen LogP contribution in [-0.4, -0.2) is 24.9 Å². The number of para-hydroxylation sites is 1.